The molecule has 0 fully saturated rings. The molecule has 0 aliphatic carbocycles. The Morgan fingerprint density at radius 1 is 1.25 bits per heavy atom. The van der Waals surface area contributed by atoms with Gasteiger partial charge in [-0.15, -0.1) is 0 Å². The number of halogens is 2. The molecule has 2 rings (SSSR count). The summed E-state index contributed by atoms with van der Waals surface area (Å²) in [5, 5.41) is 3.19. The average molecular weight is 352 g/mol. The van der Waals surface area contributed by atoms with Crippen molar-refractivity contribution >= 4 is 50.9 Å². The van der Waals surface area contributed by atoms with Crippen LogP contribution in [0, 0.1) is 0 Å². The highest BCUT2D eigenvalue weighted by atomic mass is 79.9. The smallest absolute Gasteiger partial charge is 0.248 e. The van der Waals surface area contributed by atoms with Crippen LogP contribution in [0.5, 0.6) is 0 Å². The second-order valence-corrected chi connectivity index (χ2v) is 5.44. The molecule has 0 aromatic heterocycles. The van der Waals surface area contributed by atoms with Crippen LogP contribution in [0.1, 0.15) is 5.56 Å². The Morgan fingerprint density at radius 3 is 2.75 bits per heavy atom. The number of nitrogen functional groups attached to an aromatic ring is 1. The molecular formula is C15H12BrClN2O. The number of amides is 1. The van der Waals surface area contributed by atoms with Crippen molar-refractivity contribution in [2.75, 3.05) is 11.1 Å². The second kappa shape index (κ2) is 6.59. The van der Waals surface area contributed by atoms with Gasteiger partial charge in [-0.1, -0.05) is 39.7 Å². The lowest BCUT2D eigenvalue weighted by Crippen LogP contribution is -2.08. The number of hydrogen-bond acceptors (Lipinski definition) is 2. The first kappa shape index (κ1) is 14.6. The molecule has 0 saturated heterocycles. The van der Waals surface area contributed by atoms with E-state index >= 15 is 0 Å². The van der Waals surface area contributed by atoms with Crippen LogP contribution in [0.25, 0.3) is 6.08 Å². The van der Waals surface area contributed by atoms with Gasteiger partial charge in [-0.3, -0.25) is 4.79 Å². The Kier molecular flexibility index (Phi) is 4.82. The molecule has 0 aliphatic rings. The number of hydrogen-bond donors (Lipinski definition) is 2. The summed E-state index contributed by atoms with van der Waals surface area (Å²) in [6.45, 7) is 0. The van der Waals surface area contributed by atoms with Crippen LogP contribution >= 0.6 is 27.5 Å². The summed E-state index contributed by atoms with van der Waals surface area (Å²) in [5.74, 6) is -0.253. The second-order valence-electron chi connectivity index (χ2n) is 4.12. The van der Waals surface area contributed by atoms with Gasteiger partial charge < -0.3 is 11.1 Å². The van der Waals surface area contributed by atoms with Gasteiger partial charge in [0.1, 0.15) is 0 Å². The van der Waals surface area contributed by atoms with Crippen molar-refractivity contribution in [3.05, 3.63) is 63.6 Å². The average Bonchev–Trinajstić information content (AvgIpc) is 2.40. The van der Waals surface area contributed by atoms with Crippen LogP contribution in [0.4, 0.5) is 11.4 Å². The van der Waals surface area contributed by atoms with Crippen LogP contribution in [-0.2, 0) is 4.79 Å². The minimum absolute atomic E-state index is 0.253. The molecule has 3 nitrogen and oxygen atoms in total. The summed E-state index contributed by atoms with van der Waals surface area (Å²) in [7, 11) is 0. The fraction of sp³-hybridized carbons (Fsp3) is 0. The monoisotopic (exact) mass is 350 g/mol. The van der Waals surface area contributed by atoms with E-state index in [4.69, 9.17) is 17.3 Å². The number of rotatable bonds is 3. The molecule has 2 aromatic rings. The van der Waals surface area contributed by atoms with E-state index in [-0.39, 0.29) is 5.91 Å². The first-order chi connectivity index (χ1) is 9.54. The molecule has 102 valence electrons. The van der Waals surface area contributed by atoms with Gasteiger partial charge in [-0.2, -0.15) is 0 Å². The molecule has 0 heterocycles. The highest BCUT2D eigenvalue weighted by Crippen LogP contribution is 2.25. The van der Waals surface area contributed by atoms with E-state index in [0.29, 0.717) is 16.4 Å². The van der Waals surface area contributed by atoms with Crippen molar-refractivity contribution < 1.29 is 4.79 Å². The van der Waals surface area contributed by atoms with Crippen LogP contribution in [0.3, 0.4) is 0 Å². The highest BCUT2D eigenvalue weighted by Gasteiger charge is 2.03. The van der Waals surface area contributed by atoms with E-state index in [1.54, 1.807) is 30.3 Å². The molecule has 0 spiro atoms. The molecule has 3 N–H and O–H groups in total. The fourth-order valence-electron chi connectivity index (χ4n) is 1.60. The molecule has 0 saturated carbocycles. The molecule has 5 heteroatoms. The number of anilines is 2. The van der Waals surface area contributed by atoms with Crippen LogP contribution in [-0.4, -0.2) is 5.91 Å². The Bertz CT molecular complexity index is 671. The van der Waals surface area contributed by atoms with Crippen molar-refractivity contribution in [3.8, 4) is 0 Å². The molecular weight excluding hydrogens is 340 g/mol. The zero-order valence-electron chi connectivity index (χ0n) is 10.4. The lowest BCUT2D eigenvalue weighted by molar-refractivity contribution is -0.111. The van der Waals surface area contributed by atoms with Gasteiger partial charge in [0.25, 0.3) is 0 Å². The maximum absolute atomic E-state index is 11.8. The summed E-state index contributed by atoms with van der Waals surface area (Å²) in [4.78, 5) is 11.8. The SMILES string of the molecule is Nc1cccc(/C=C/C(=O)Nc2ccc(Br)cc2Cl)c1. The Hall–Kier alpha value is -1.78. The quantitative estimate of drug-likeness (QED) is 0.638. The number of carbonyl (C=O) groups is 1. The highest BCUT2D eigenvalue weighted by molar-refractivity contribution is 9.10. The topological polar surface area (TPSA) is 55.1 Å². The Balaban J connectivity index is 2.05. The zero-order valence-corrected chi connectivity index (χ0v) is 12.8. The lowest BCUT2D eigenvalue weighted by atomic mass is 10.2. The molecule has 0 atom stereocenters. The van der Waals surface area contributed by atoms with Gasteiger partial charge in [0.05, 0.1) is 10.7 Å². The molecule has 0 unspecified atom stereocenters. The van der Waals surface area contributed by atoms with Gasteiger partial charge in [-0.05, 0) is 42.0 Å². The first-order valence-corrected chi connectivity index (χ1v) is 7.01. The summed E-state index contributed by atoms with van der Waals surface area (Å²) < 4.78 is 0.857. The third kappa shape index (κ3) is 4.11. The summed E-state index contributed by atoms with van der Waals surface area (Å²) in [5.41, 5.74) is 7.75. The predicted molar refractivity (Wildman–Crippen MR) is 87.7 cm³/mol. The first-order valence-electron chi connectivity index (χ1n) is 5.84. The van der Waals surface area contributed by atoms with E-state index in [9.17, 15) is 4.79 Å². The van der Waals surface area contributed by atoms with Crippen LogP contribution in [0.2, 0.25) is 5.02 Å². The van der Waals surface area contributed by atoms with E-state index in [2.05, 4.69) is 21.2 Å². The zero-order chi connectivity index (χ0) is 14.5. The summed E-state index contributed by atoms with van der Waals surface area (Å²) in [6.07, 6.45) is 3.13. The van der Waals surface area contributed by atoms with Gasteiger partial charge in [0.2, 0.25) is 5.91 Å². The number of benzene rings is 2. The summed E-state index contributed by atoms with van der Waals surface area (Å²) in [6, 6.07) is 12.5. The predicted octanol–water partition coefficient (Wildman–Crippen LogP) is 4.34. The normalized spacial score (nSPS) is 10.7. The number of nitrogens with two attached hydrogens (primary N) is 1. The van der Waals surface area contributed by atoms with Crippen LogP contribution in [0.15, 0.2) is 53.0 Å². The molecule has 0 aliphatic heterocycles. The number of nitrogens with one attached hydrogen (secondary N) is 1. The molecule has 0 radical (unpaired) electrons. The minimum Gasteiger partial charge on any atom is -0.399 e. The van der Waals surface area contributed by atoms with Crippen molar-refractivity contribution in [1.82, 2.24) is 0 Å². The van der Waals surface area contributed by atoms with Gasteiger partial charge in [-0.25, -0.2) is 0 Å². The molecule has 20 heavy (non-hydrogen) atoms. The summed E-state index contributed by atoms with van der Waals surface area (Å²) >= 11 is 9.33. The molecule has 0 bridgehead atoms. The molecule has 1 amide bonds. The third-order valence-electron chi connectivity index (χ3n) is 2.53. The van der Waals surface area contributed by atoms with Crippen molar-refractivity contribution in [2.45, 2.75) is 0 Å². The van der Waals surface area contributed by atoms with Crippen molar-refractivity contribution in [2.24, 2.45) is 0 Å². The van der Waals surface area contributed by atoms with Crippen molar-refractivity contribution in [3.63, 3.8) is 0 Å². The lowest BCUT2D eigenvalue weighted by Gasteiger charge is -2.05. The van der Waals surface area contributed by atoms with E-state index in [1.165, 1.54) is 6.08 Å². The maximum Gasteiger partial charge on any atom is 0.248 e. The largest absolute Gasteiger partial charge is 0.399 e. The minimum atomic E-state index is -0.253. The van der Waals surface area contributed by atoms with E-state index < -0.39 is 0 Å². The standard InChI is InChI=1S/C15H12BrClN2O/c16-11-5-6-14(13(17)9-11)19-15(20)7-4-10-2-1-3-12(18)8-10/h1-9H,18H2,(H,19,20)/b7-4+. The maximum atomic E-state index is 11.8. The van der Waals surface area contributed by atoms with Gasteiger partial charge >= 0.3 is 0 Å². The Labute approximate surface area is 130 Å². The van der Waals surface area contributed by atoms with Gasteiger partial charge in [0, 0.05) is 16.2 Å². The molecule has 2 aromatic carbocycles. The van der Waals surface area contributed by atoms with E-state index in [1.807, 2.05) is 18.2 Å². The van der Waals surface area contributed by atoms with Crippen LogP contribution < -0.4 is 11.1 Å². The fourth-order valence-corrected chi connectivity index (χ4v) is 2.32. The number of carbonyl (C=O) groups excluding carboxylic acids is 1. The Morgan fingerprint density at radius 2 is 2.05 bits per heavy atom. The van der Waals surface area contributed by atoms with Gasteiger partial charge in [0.15, 0.2) is 0 Å². The van der Waals surface area contributed by atoms with Crippen molar-refractivity contribution in [1.29, 1.82) is 0 Å². The van der Waals surface area contributed by atoms with E-state index in [0.717, 1.165) is 10.0 Å². The third-order valence-corrected chi connectivity index (χ3v) is 3.33.